The lowest BCUT2D eigenvalue weighted by molar-refractivity contribution is -0.131. The number of aromatic nitrogens is 2. The lowest BCUT2D eigenvalue weighted by Gasteiger charge is -2.32. The van der Waals surface area contributed by atoms with E-state index in [0.29, 0.717) is 12.3 Å². The summed E-state index contributed by atoms with van der Waals surface area (Å²) in [5.74, 6) is 2.85. The zero-order valence-corrected chi connectivity index (χ0v) is 15.9. The molecular formula is C22H29N3O. The van der Waals surface area contributed by atoms with Crippen molar-refractivity contribution < 1.29 is 4.79 Å². The van der Waals surface area contributed by atoms with E-state index in [1.807, 2.05) is 11.1 Å². The van der Waals surface area contributed by atoms with Gasteiger partial charge in [-0.25, -0.2) is 4.98 Å². The molecule has 0 bridgehead atoms. The minimum Gasteiger partial charge on any atom is -0.342 e. The van der Waals surface area contributed by atoms with Crippen molar-refractivity contribution in [2.45, 2.75) is 58.4 Å². The maximum atomic E-state index is 12.7. The van der Waals surface area contributed by atoms with Gasteiger partial charge in [0.1, 0.15) is 5.82 Å². The second kappa shape index (κ2) is 7.26. The van der Waals surface area contributed by atoms with Gasteiger partial charge in [-0.2, -0.15) is 0 Å². The topological polar surface area (TPSA) is 38.1 Å². The number of rotatable bonds is 5. The van der Waals surface area contributed by atoms with Crippen molar-refractivity contribution in [2.24, 2.45) is 5.92 Å². The third kappa shape index (κ3) is 3.84. The third-order valence-electron chi connectivity index (χ3n) is 5.96. The van der Waals surface area contributed by atoms with E-state index in [1.165, 1.54) is 29.8 Å². The van der Waals surface area contributed by atoms with Crippen molar-refractivity contribution in [1.82, 2.24) is 14.5 Å². The number of aryl methyl sites for hydroxylation is 2. The van der Waals surface area contributed by atoms with E-state index in [0.717, 1.165) is 44.0 Å². The molecule has 2 fully saturated rings. The molecule has 4 nitrogen and oxygen atoms in total. The quantitative estimate of drug-likeness (QED) is 0.820. The first-order valence-corrected chi connectivity index (χ1v) is 9.95. The molecule has 1 saturated heterocycles. The maximum Gasteiger partial charge on any atom is 0.227 e. The molecule has 0 radical (unpaired) electrons. The number of benzene rings is 1. The molecule has 1 aromatic heterocycles. The molecule has 0 spiro atoms. The molecule has 4 heteroatoms. The van der Waals surface area contributed by atoms with Crippen molar-refractivity contribution in [3.8, 4) is 0 Å². The van der Waals surface area contributed by atoms with E-state index in [1.54, 1.807) is 0 Å². The second-order valence-electron chi connectivity index (χ2n) is 8.14. The summed E-state index contributed by atoms with van der Waals surface area (Å²) in [6, 6.07) is 6.37. The smallest absolute Gasteiger partial charge is 0.227 e. The van der Waals surface area contributed by atoms with Gasteiger partial charge in [-0.05, 0) is 56.6 Å². The van der Waals surface area contributed by atoms with Crippen molar-refractivity contribution in [3.63, 3.8) is 0 Å². The summed E-state index contributed by atoms with van der Waals surface area (Å²) in [6.07, 6.45) is 9.38. The zero-order chi connectivity index (χ0) is 18.1. The molecule has 1 amide bonds. The minimum absolute atomic E-state index is 0.262. The number of carbonyl (C=O) groups excluding carboxylic acids is 1. The first kappa shape index (κ1) is 17.3. The monoisotopic (exact) mass is 351 g/mol. The van der Waals surface area contributed by atoms with E-state index >= 15 is 0 Å². The number of amides is 1. The van der Waals surface area contributed by atoms with Crippen molar-refractivity contribution in [2.75, 3.05) is 13.1 Å². The Morgan fingerprint density at radius 1 is 1.15 bits per heavy atom. The highest BCUT2D eigenvalue weighted by Crippen LogP contribution is 2.33. The number of hydrogen-bond acceptors (Lipinski definition) is 2. The Labute approximate surface area is 156 Å². The Bertz CT molecular complexity index is 782. The lowest BCUT2D eigenvalue weighted by atomic mass is 9.95. The Balaban J connectivity index is 1.35. The van der Waals surface area contributed by atoms with Gasteiger partial charge in [-0.15, -0.1) is 0 Å². The van der Waals surface area contributed by atoms with Crippen LogP contribution in [0.1, 0.15) is 54.1 Å². The van der Waals surface area contributed by atoms with Crippen molar-refractivity contribution in [1.29, 1.82) is 0 Å². The summed E-state index contributed by atoms with van der Waals surface area (Å²) in [6.45, 7) is 7.01. The molecule has 138 valence electrons. The van der Waals surface area contributed by atoms with Crippen LogP contribution in [0.25, 0.3) is 0 Å². The molecular weight excluding hydrogens is 322 g/mol. The largest absolute Gasteiger partial charge is 0.342 e. The van der Waals surface area contributed by atoms with Gasteiger partial charge in [-0.3, -0.25) is 4.79 Å². The van der Waals surface area contributed by atoms with E-state index in [-0.39, 0.29) is 5.91 Å². The van der Waals surface area contributed by atoms with Gasteiger partial charge in [-0.1, -0.05) is 23.8 Å². The van der Waals surface area contributed by atoms with E-state index in [9.17, 15) is 4.79 Å². The van der Waals surface area contributed by atoms with Crippen LogP contribution in [0.5, 0.6) is 0 Å². The summed E-state index contributed by atoms with van der Waals surface area (Å²) >= 11 is 0. The van der Waals surface area contributed by atoms with Gasteiger partial charge in [0.2, 0.25) is 5.91 Å². The fourth-order valence-corrected chi connectivity index (χ4v) is 4.07. The van der Waals surface area contributed by atoms with Gasteiger partial charge >= 0.3 is 0 Å². The van der Waals surface area contributed by atoms with Crippen LogP contribution in [0.2, 0.25) is 0 Å². The molecule has 0 unspecified atom stereocenters. The maximum absolute atomic E-state index is 12.7. The normalized spacial score (nSPS) is 18.3. The summed E-state index contributed by atoms with van der Waals surface area (Å²) < 4.78 is 2.36. The van der Waals surface area contributed by atoms with Gasteiger partial charge in [0.05, 0.1) is 6.42 Å². The first-order valence-electron chi connectivity index (χ1n) is 9.95. The number of piperidine rings is 1. The predicted octanol–water partition coefficient (Wildman–Crippen LogP) is 3.86. The molecule has 0 N–H and O–H groups in total. The van der Waals surface area contributed by atoms with Gasteiger partial charge in [0.15, 0.2) is 0 Å². The highest BCUT2D eigenvalue weighted by Gasteiger charge is 2.28. The molecule has 4 rings (SSSR count). The fourth-order valence-electron chi connectivity index (χ4n) is 4.07. The summed E-state index contributed by atoms with van der Waals surface area (Å²) in [4.78, 5) is 19.4. The summed E-state index contributed by atoms with van der Waals surface area (Å²) in [5, 5.41) is 0. The third-order valence-corrected chi connectivity index (χ3v) is 5.96. The fraction of sp³-hybridized carbons (Fsp3) is 0.545. The van der Waals surface area contributed by atoms with Crippen LogP contribution in [0, 0.1) is 19.8 Å². The molecule has 2 heterocycles. The van der Waals surface area contributed by atoms with Crippen LogP contribution in [0.3, 0.4) is 0 Å². The van der Waals surface area contributed by atoms with Gasteiger partial charge in [0, 0.05) is 37.9 Å². The Hall–Kier alpha value is -2.10. The number of likely N-dealkylation sites (tertiary alicyclic amines) is 1. The predicted molar refractivity (Wildman–Crippen MR) is 103 cm³/mol. The first-order chi connectivity index (χ1) is 12.6. The number of imidazole rings is 1. The van der Waals surface area contributed by atoms with Gasteiger partial charge in [0.25, 0.3) is 0 Å². The Kier molecular flexibility index (Phi) is 4.84. The highest BCUT2D eigenvalue weighted by atomic mass is 16.2. The number of carbonyl (C=O) groups is 1. The second-order valence-corrected chi connectivity index (χ2v) is 8.14. The van der Waals surface area contributed by atoms with E-state index in [4.69, 9.17) is 0 Å². The molecule has 1 aliphatic heterocycles. The van der Waals surface area contributed by atoms with Crippen LogP contribution in [-0.4, -0.2) is 33.4 Å². The van der Waals surface area contributed by atoms with Crippen molar-refractivity contribution >= 4 is 5.91 Å². The number of nitrogens with zero attached hydrogens (tertiary/aromatic N) is 3. The Morgan fingerprint density at radius 2 is 1.92 bits per heavy atom. The minimum atomic E-state index is 0.262. The van der Waals surface area contributed by atoms with Crippen LogP contribution < -0.4 is 0 Å². The molecule has 2 aromatic rings. The van der Waals surface area contributed by atoms with E-state index in [2.05, 4.69) is 47.8 Å². The number of hydrogen-bond donors (Lipinski definition) is 0. The SMILES string of the molecule is Cc1ccc(C)c(CC(=O)N2CCC(c3nccn3CC3CC3)CC2)c1. The van der Waals surface area contributed by atoms with Crippen LogP contribution in [-0.2, 0) is 17.8 Å². The lowest BCUT2D eigenvalue weighted by Crippen LogP contribution is -2.39. The summed E-state index contributed by atoms with van der Waals surface area (Å²) in [7, 11) is 0. The van der Waals surface area contributed by atoms with Crippen LogP contribution in [0.4, 0.5) is 0 Å². The standard InChI is InChI=1S/C22H29N3O/c1-16-3-4-17(2)20(13-16)14-21(26)24-10-7-19(8-11-24)22-23-9-12-25(22)15-18-5-6-18/h3-4,9,12-13,18-19H,5-8,10-11,14-15H2,1-2H3. The summed E-state index contributed by atoms with van der Waals surface area (Å²) in [5.41, 5.74) is 3.60. The molecule has 2 aliphatic rings. The van der Waals surface area contributed by atoms with Crippen LogP contribution >= 0.6 is 0 Å². The molecule has 1 saturated carbocycles. The average Bonchev–Trinajstić information content (AvgIpc) is 3.33. The average molecular weight is 351 g/mol. The molecule has 0 atom stereocenters. The zero-order valence-electron chi connectivity index (χ0n) is 15.9. The molecule has 1 aromatic carbocycles. The van der Waals surface area contributed by atoms with E-state index < -0.39 is 0 Å². The Morgan fingerprint density at radius 3 is 2.65 bits per heavy atom. The van der Waals surface area contributed by atoms with Gasteiger partial charge < -0.3 is 9.47 Å². The van der Waals surface area contributed by atoms with Crippen molar-refractivity contribution in [3.05, 3.63) is 53.1 Å². The van der Waals surface area contributed by atoms with Crippen LogP contribution in [0.15, 0.2) is 30.6 Å². The highest BCUT2D eigenvalue weighted by molar-refractivity contribution is 5.79. The molecule has 26 heavy (non-hydrogen) atoms. The molecule has 1 aliphatic carbocycles.